The summed E-state index contributed by atoms with van der Waals surface area (Å²) in [5, 5.41) is 18.7. The van der Waals surface area contributed by atoms with Crippen LogP contribution in [0.15, 0.2) is 17.1 Å². The van der Waals surface area contributed by atoms with E-state index in [4.69, 9.17) is 5.73 Å². The highest BCUT2D eigenvalue weighted by atomic mass is 19.1. The summed E-state index contributed by atoms with van der Waals surface area (Å²) in [6.07, 6.45) is 3.72. The van der Waals surface area contributed by atoms with Gasteiger partial charge in [0, 0.05) is 19.1 Å². The van der Waals surface area contributed by atoms with Gasteiger partial charge in [-0.15, -0.1) is 0 Å². The second kappa shape index (κ2) is 6.86. The molecular weight excluding hydrogens is 365 g/mol. The number of aromatic nitrogens is 1. The topological polar surface area (TPSA) is 108 Å². The lowest BCUT2D eigenvalue weighted by molar-refractivity contribution is 0.0694. The van der Waals surface area contributed by atoms with E-state index in [1.165, 1.54) is 6.07 Å². The molecule has 1 saturated heterocycles. The molecule has 4 N–H and O–H groups in total. The third-order valence-electron chi connectivity index (χ3n) is 6.05. The number of hydrogen-bond donors (Lipinski definition) is 3. The zero-order valence-corrected chi connectivity index (χ0v) is 15.7. The summed E-state index contributed by atoms with van der Waals surface area (Å²) in [4.78, 5) is 26.0. The molecule has 150 valence electrons. The van der Waals surface area contributed by atoms with Crippen molar-refractivity contribution in [1.29, 1.82) is 0 Å². The Labute approximate surface area is 161 Å². The van der Waals surface area contributed by atoms with Crippen LogP contribution in [0.1, 0.15) is 46.7 Å². The van der Waals surface area contributed by atoms with Crippen molar-refractivity contribution in [1.82, 2.24) is 4.40 Å². The summed E-state index contributed by atoms with van der Waals surface area (Å²) >= 11 is 0. The highest BCUT2D eigenvalue weighted by molar-refractivity contribution is 5.89. The van der Waals surface area contributed by atoms with E-state index in [9.17, 15) is 19.8 Å². The summed E-state index contributed by atoms with van der Waals surface area (Å²) in [6.45, 7) is 2.81. The fourth-order valence-electron chi connectivity index (χ4n) is 4.38. The van der Waals surface area contributed by atoms with Crippen molar-refractivity contribution in [3.8, 4) is 0 Å². The van der Waals surface area contributed by atoms with Gasteiger partial charge in [-0.2, -0.15) is 0 Å². The van der Waals surface area contributed by atoms with Gasteiger partial charge in [0.05, 0.1) is 24.0 Å². The molecule has 0 bridgehead atoms. The van der Waals surface area contributed by atoms with Crippen LogP contribution >= 0.6 is 0 Å². The first kappa shape index (κ1) is 18.9. The minimum Gasteiger partial charge on any atom is -0.477 e. The van der Waals surface area contributed by atoms with Gasteiger partial charge in [0.1, 0.15) is 5.56 Å². The van der Waals surface area contributed by atoms with Crippen molar-refractivity contribution in [2.45, 2.75) is 38.1 Å². The Bertz CT molecular complexity index is 1010. The van der Waals surface area contributed by atoms with E-state index in [-0.39, 0.29) is 30.0 Å². The first-order valence-corrected chi connectivity index (χ1v) is 9.56. The highest BCUT2D eigenvalue weighted by Crippen LogP contribution is 2.44. The maximum Gasteiger partial charge on any atom is 0.341 e. The van der Waals surface area contributed by atoms with Crippen molar-refractivity contribution in [2.24, 2.45) is 11.7 Å². The fourth-order valence-corrected chi connectivity index (χ4v) is 4.38. The first-order valence-electron chi connectivity index (χ1n) is 9.56. The minimum absolute atomic E-state index is 0.0690. The zero-order chi connectivity index (χ0) is 20.2. The molecule has 2 aromatic rings. The predicted octanol–water partition coefficient (Wildman–Crippen LogP) is 1.47. The monoisotopic (exact) mass is 389 g/mol. The molecule has 2 aliphatic rings. The molecule has 8 heteroatoms. The van der Waals surface area contributed by atoms with E-state index < -0.39 is 17.3 Å². The molecule has 1 aliphatic heterocycles. The predicted molar refractivity (Wildman–Crippen MR) is 103 cm³/mol. The maximum absolute atomic E-state index is 15.1. The molecule has 1 aliphatic carbocycles. The van der Waals surface area contributed by atoms with Crippen LogP contribution in [0.4, 0.5) is 10.1 Å². The molecular formula is C20H24FN3O4. The lowest BCUT2D eigenvalue weighted by Crippen LogP contribution is -2.36. The number of aromatic carboxylic acids is 1. The van der Waals surface area contributed by atoms with Crippen LogP contribution in [0, 0.1) is 18.7 Å². The van der Waals surface area contributed by atoms with Crippen LogP contribution in [0.25, 0.3) is 5.52 Å². The smallest absolute Gasteiger partial charge is 0.341 e. The Balaban J connectivity index is 1.89. The van der Waals surface area contributed by atoms with Gasteiger partial charge in [0.2, 0.25) is 0 Å². The first-order chi connectivity index (χ1) is 13.3. The van der Waals surface area contributed by atoms with Crippen molar-refractivity contribution in [3.05, 3.63) is 45.1 Å². The van der Waals surface area contributed by atoms with E-state index in [0.717, 1.165) is 35.4 Å². The molecule has 0 spiro atoms. The number of aliphatic hydroxyl groups is 1. The molecule has 2 fully saturated rings. The summed E-state index contributed by atoms with van der Waals surface area (Å²) < 4.78 is 16.2. The lowest BCUT2D eigenvalue weighted by atomic mass is 10.0. The number of anilines is 1. The lowest BCUT2D eigenvalue weighted by Gasteiger charge is -2.25. The number of aryl methyl sites for hydroxylation is 1. The summed E-state index contributed by atoms with van der Waals surface area (Å²) in [6, 6.07) is 1.11. The minimum atomic E-state index is -1.30. The Morgan fingerprint density at radius 2 is 2.11 bits per heavy atom. The third-order valence-corrected chi connectivity index (χ3v) is 6.05. The van der Waals surface area contributed by atoms with Gasteiger partial charge in [0.15, 0.2) is 5.82 Å². The number of rotatable bonds is 5. The van der Waals surface area contributed by atoms with Crippen LogP contribution in [0.3, 0.4) is 0 Å². The molecule has 3 heterocycles. The van der Waals surface area contributed by atoms with Gasteiger partial charge in [0.25, 0.3) is 5.56 Å². The number of carboxylic acids is 1. The van der Waals surface area contributed by atoms with Gasteiger partial charge in [-0.3, -0.25) is 9.20 Å². The number of halogens is 1. The zero-order valence-electron chi connectivity index (χ0n) is 15.7. The van der Waals surface area contributed by atoms with Crippen LogP contribution < -0.4 is 16.2 Å². The molecule has 2 atom stereocenters. The average molecular weight is 389 g/mol. The number of carbonyl (C=O) groups is 1. The Morgan fingerprint density at radius 1 is 1.39 bits per heavy atom. The molecule has 1 saturated carbocycles. The third kappa shape index (κ3) is 2.97. The number of nitrogens with zero attached hydrogens (tertiary/aromatic N) is 2. The van der Waals surface area contributed by atoms with E-state index >= 15 is 4.39 Å². The van der Waals surface area contributed by atoms with Crippen molar-refractivity contribution >= 4 is 17.2 Å². The van der Waals surface area contributed by atoms with E-state index in [1.807, 2.05) is 4.90 Å². The Kier molecular flexibility index (Phi) is 4.63. The van der Waals surface area contributed by atoms with Gasteiger partial charge in [-0.1, -0.05) is 0 Å². The molecule has 0 amide bonds. The summed E-state index contributed by atoms with van der Waals surface area (Å²) in [5.41, 5.74) is 7.35. The largest absolute Gasteiger partial charge is 0.477 e. The van der Waals surface area contributed by atoms with Crippen LogP contribution in [0.2, 0.25) is 0 Å². The Hall–Kier alpha value is -2.45. The number of nitrogens with two attached hydrogens (primary N) is 1. The molecule has 0 radical (unpaired) electrons. The number of hydrogen-bond acceptors (Lipinski definition) is 5. The van der Waals surface area contributed by atoms with Crippen LogP contribution in [-0.4, -0.2) is 46.3 Å². The van der Waals surface area contributed by atoms with Crippen molar-refractivity contribution in [3.63, 3.8) is 0 Å². The van der Waals surface area contributed by atoms with E-state index in [1.54, 1.807) is 6.92 Å². The van der Waals surface area contributed by atoms with Crippen LogP contribution in [0.5, 0.6) is 0 Å². The van der Waals surface area contributed by atoms with Crippen molar-refractivity contribution < 1.29 is 19.4 Å². The molecule has 0 aromatic carbocycles. The van der Waals surface area contributed by atoms with Gasteiger partial charge in [-0.05, 0) is 55.2 Å². The summed E-state index contributed by atoms with van der Waals surface area (Å²) in [7, 11) is 0. The number of aliphatic hydroxyl groups excluding tert-OH is 1. The summed E-state index contributed by atoms with van der Waals surface area (Å²) in [5.74, 6) is -1.60. The number of fused-ring (bicyclic) bond motifs is 1. The molecule has 4 rings (SSSR count). The normalized spacial score (nSPS) is 20.7. The average Bonchev–Trinajstić information content (AvgIpc) is 3.39. The molecule has 0 unspecified atom stereocenters. The maximum atomic E-state index is 15.1. The molecule has 2 aromatic heterocycles. The number of carboxylic acid groups (broad SMARTS) is 1. The van der Waals surface area contributed by atoms with Crippen molar-refractivity contribution in [2.75, 3.05) is 24.6 Å². The van der Waals surface area contributed by atoms with E-state index in [2.05, 4.69) is 0 Å². The highest BCUT2D eigenvalue weighted by Gasteiger charge is 2.33. The standard InChI is InChI=1S/C20H24FN3O4/c1-10-17-13(11-2-3-11)6-14(20(27)28)19(26)24(17)8-15(21)18(10)23-5-4-12(7-23)16(22)9-25/h6,8,11-12,16,25H,2-5,7,9,22H2,1H3,(H,27,28)/t12-,16-/m1/s1. The van der Waals surface area contributed by atoms with E-state index in [0.29, 0.717) is 29.9 Å². The molecule has 7 nitrogen and oxygen atoms in total. The Morgan fingerprint density at radius 3 is 2.71 bits per heavy atom. The quantitative estimate of drug-likeness (QED) is 0.715. The second-order valence-corrected chi connectivity index (χ2v) is 7.91. The molecule has 28 heavy (non-hydrogen) atoms. The van der Waals surface area contributed by atoms with Gasteiger partial charge in [-0.25, -0.2) is 9.18 Å². The fraction of sp³-hybridized carbons (Fsp3) is 0.500. The number of pyridine rings is 2. The van der Waals surface area contributed by atoms with Crippen LogP contribution in [-0.2, 0) is 0 Å². The second-order valence-electron chi connectivity index (χ2n) is 7.91. The van der Waals surface area contributed by atoms with Gasteiger partial charge < -0.3 is 20.8 Å². The van der Waals surface area contributed by atoms with Gasteiger partial charge >= 0.3 is 5.97 Å². The SMILES string of the molecule is Cc1c(N2CC[C@@H]([C@H](N)CO)C2)c(F)cn2c(=O)c(C(=O)O)cc(C3CC3)c12.